The summed E-state index contributed by atoms with van der Waals surface area (Å²) < 4.78 is 6.01. The number of benzene rings is 2. The monoisotopic (exact) mass is 478 g/mol. The lowest BCUT2D eigenvalue weighted by molar-refractivity contribution is -0.115. The topological polar surface area (TPSA) is 67.3 Å². The van der Waals surface area contributed by atoms with Crippen LogP contribution in [-0.4, -0.2) is 47.5 Å². The van der Waals surface area contributed by atoms with Crippen molar-refractivity contribution in [2.45, 2.75) is 32.6 Å². The zero-order chi connectivity index (χ0) is 23.9. The van der Waals surface area contributed by atoms with Crippen LogP contribution in [0.15, 0.2) is 54.9 Å². The molecule has 3 aromatic rings. The highest BCUT2D eigenvalue weighted by atomic mass is 35.5. The smallest absolute Gasteiger partial charge is 0.230 e. The molecular weight excluding hydrogens is 448 g/mol. The van der Waals surface area contributed by atoms with Gasteiger partial charge in [-0.25, -0.2) is 9.97 Å². The van der Waals surface area contributed by atoms with Gasteiger partial charge in [0.1, 0.15) is 17.9 Å². The van der Waals surface area contributed by atoms with E-state index in [2.05, 4.69) is 39.4 Å². The van der Waals surface area contributed by atoms with E-state index in [9.17, 15) is 4.79 Å². The summed E-state index contributed by atoms with van der Waals surface area (Å²) in [6, 6.07) is 15.6. The van der Waals surface area contributed by atoms with E-state index in [0.29, 0.717) is 23.2 Å². The van der Waals surface area contributed by atoms with Crippen molar-refractivity contribution in [2.75, 3.05) is 32.1 Å². The number of carbonyl (C=O) groups excluding carboxylic acids is 1. The minimum Gasteiger partial charge on any atom is -0.493 e. The van der Waals surface area contributed by atoms with Crippen LogP contribution in [0.4, 0.5) is 5.82 Å². The quantitative estimate of drug-likeness (QED) is 0.497. The predicted molar refractivity (Wildman–Crippen MR) is 136 cm³/mol. The molecule has 34 heavy (non-hydrogen) atoms. The van der Waals surface area contributed by atoms with Gasteiger partial charge < -0.3 is 15.0 Å². The predicted octanol–water partition coefficient (Wildman–Crippen LogP) is 4.93. The summed E-state index contributed by atoms with van der Waals surface area (Å²) in [6.07, 6.45) is 4.71. The molecule has 1 aliphatic heterocycles. The normalized spacial score (nSPS) is 14.7. The van der Waals surface area contributed by atoms with Crippen molar-refractivity contribution in [1.29, 1.82) is 0 Å². The molecule has 178 valence electrons. The van der Waals surface area contributed by atoms with Gasteiger partial charge >= 0.3 is 0 Å². The van der Waals surface area contributed by atoms with E-state index in [-0.39, 0.29) is 12.3 Å². The van der Waals surface area contributed by atoms with Gasteiger partial charge in [-0.3, -0.25) is 4.79 Å². The Morgan fingerprint density at radius 1 is 1.15 bits per heavy atom. The molecule has 0 atom stereocenters. The number of halogens is 1. The molecule has 2 heterocycles. The second-order valence-corrected chi connectivity index (χ2v) is 9.44. The SMILES string of the molecule is Cc1cccc(Cl)c1CC(=O)Nc1cc(Cc2ccc(OCC3CCN(C)CC3)cc2)ncn1. The minimum absolute atomic E-state index is 0.160. The fraction of sp³-hybridized carbons (Fsp3) is 0.370. The maximum Gasteiger partial charge on any atom is 0.230 e. The molecule has 2 aromatic carbocycles. The molecule has 4 rings (SSSR count). The molecule has 0 spiro atoms. The first-order valence-electron chi connectivity index (χ1n) is 11.7. The van der Waals surface area contributed by atoms with Crippen molar-refractivity contribution >= 4 is 23.3 Å². The van der Waals surface area contributed by atoms with Crippen LogP contribution in [0, 0.1) is 12.8 Å². The number of amides is 1. The molecular formula is C27H31ClN4O2. The van der Waals surface area contributed by atoms with Gasteiger partial charge in [-0.2, -0.15) is 0 Å². The fourth-order valence-corrected chi connectivity index (χ4v) is 4.44. The number of ether oxygens (including phenoxy) is 1. The van der Waals surface area contributed by atoms with Crippen molar-refractivity contribution in [3.8, 4) is 5.75 Å². The number of aromatic nitrogens is 2. The maximum atomic E-state index is 12.5. The molecule has 6 nitrogen and oxygen atoms in total. The molecule has 1 amide bonds. The Bertz CT molecular complexity index is 1090. The van der Waals surface area contributed by atoms with Crippen LogP contribution in [0.25, 0.3) is 0 Å². The average molecular weight is 479 g/mol. The summed E-state index contributed by atoms with van der Waals surface area (Å²) in [5.74, 6) is 1.85. The number of piperidine rings is 1. The molecule has 1 saturated heterocycles. The molecule has 1 aliphatic rings. The van der Waals surface area contributed by atoms with E-state index in [1.807, 2.05) is 37.3 Å². The van der Waals surface area contributed by atoms with Crippen molar-refractivity contribution < 1.29 is 9.53 Å². The lowest BCUT2D eigenvalue weighted by atomic mass is 9.98. The van der Waals surface area contributed by atoms with Crippen LogP contribution >= 0.6 is 11.6 Å². The summed E-state index contributed by atoms with van der Waals surface area (Å²) >= 11 is 6.25. The minimum atomic E-state index is -0.160. The second-order valence-electron chi connectivity index (χ2n) is 9.03. The highest BCUT2D eigenvalue weighted by molar-refractivity contribution is 6.31. The van der Waals surface area contributed by atoms with Gasteiger partial charge in [0, 0.05) is 17.5 Å². The molecule has 0 radical (unpaired) electrons. The zero-order valence-corrected chi connectivity index (χ0v) is 20.5. The van der Waals surface area contributed by atoms with E-state index in [1.165, 1.54) is 19.2 Å². The molecule has 0 unspecified atom stereocenters. The van der Waals surface area contributed by atoms with E-state index in [0.717, 1.165) is 47.8 Å². The Morgan fingerprint density at radius 2 is 1.91 bits per heavy atom. The summed E-state index contributed by atoms with van der Waals surface area (Å²) in [5, 5.41) is 3.45. The number of rotatable bonds is 8. The van der Waals surface area contributed by atoms with Gasteiger partial charge in [-0.1, -0.05) is 35.9 Å². The summed E-state index contributed by atoms with van der Waals surface area (Å²) in [4.78, 5) is 23.5. The number of hydrogen-bond acceptors (Lipinski definition) is 5. The molecule has 1 fully saturated rings. The largest absolute Gasteiger partial charge is 0.493 e. The number of aryl methyl sites for hydroxylation is 1. The number of carbonyl (C=O) groups is 1. The van der Waals surface area contributed by atoms with Crippen LogP contribution in [0.2, 0.25) is 5.02 Å². The first-order chi connectivity index (χ1) is 16.5. The van der Waals surface area contributed by atoms with Crippen LogP contribution in [-0.2, 0) is 17.6 Å². The van der Waals surface area contributed by atoms with Crippen LogP contribution in [0.1, 0.15) is 35.2 Å². The number of likely N-dealkylation sites (tertiary alicyclic amines) is 1. The zero-order valence-electron chi connectivity index (χ0n) is 19.8. The van der Waals surface area contributed by atoms with Gasteiger partial charge in [-0.05, 0) is 80.7 Å². The molecule has 0 saturated carbocycles. The third kappa shape index (κ3) is 6.78. The number of nitrogens with one attached hydrogen (secondary N) is 1. The van der Waals surface area contributed by atoms with Crippen LogP contribution in [0.3, 0.4) is 0 Å². The van der Waals surface area contributed by atoms with Gasteiger partial charge in [0.15, 0.2) is 0 Å². The van der Waals surface area contributed by atoms with Gasteiger partial charge in [0.05, 0.1) is 18.7 Å². The van der Waals surface area contributed by atoms with Crippen molar-refractivity contribution in [3.05, 3.63) is 82.3 Å². The summed E-state index contributed by atoms with van der Waals surface area (Å²) in [6.45, 7) is 5.01. The van der Waals surface area contributed by atoms with Crippen molar-refractivity contribution in [3.63, 3.8) is 0 Å². The fourth-order valence-electron chi connectivity index (χ4n) is 4.16. The van der Waals surface area contributed by atoms with Crippen LogP contribution in [0.5, 0.6) is 5.75 Å². The van der Waals surface area contributed by atoms with Crippen LogP contribution < -0.4 is 10.1 Å². The highest BCUT2D eigenvalue weighted by Crippen LogP contribution is 2.22. The Morgan fingerprint density at radius 3 is 2.65 bits per heavy atom. The first-order valence-corrected chi connectivity index (χ1v) is 12.1. The van der Waals surface area contributed by atoms with Crippen molar-refractivity contribution in [2.24, 2.45) is 5.92 Å². The Balaban J connectivity index is 1.30. The third-order valence-electron chi connectivity index (χ3n) is 6.31. The number of hydrogen-bond donors (Lipinski definition) is 1. The molecule has 0 bridgehead atoms. The average Bonchev–Trinajstić information content (AvgIpc) is 2.82. The van der Waals surface area contributed by atoms with Gasteiger partial charge in [0.25, 0.3) is 0 Å². The van der Waals surface area contributed by atoms with E-state index in [1.54, 1.807) is 6.07 Å². The van der Waals surface area contributed by atoms with E-state index in [4.69, 9.17) is 16.3 Å². The maximum absolute atomic E-state index is 12.5. The molecule has 0 aliphatic carbocycles. The Kier molecular flexibility index (Phi) is 8.14. The Labute approximate surface area is 206 Å². The lowest BCUT2D eigenvalue weighted by Gasteiger charge is -2.28. The van der Waals surface area contributed by atoms with Gasteiger partial charge in [0.2, 0.25) is 5.91 Å². The number of anilines is 1. The molecule has 1 aromatic heterocycles. The standard InChI is InChI=1S/C27H31ClN4O2/c1-19-4-3-5-25(28)24(19)16-27(33)31-26-15-22(29-18-30-26)14-20-6-8-23(9-7-20)34-17-21-10-12-32(2)13-11-21/h3-9,15,18,21H,10-14,16-17H2,1-2H3,(H,29,30,31,33). The molecule has 1 N–H and O–H groups in total. The van der Waals surface area contributed by atoms with E-state index >= 15 is 0 Å². The Hall–Kier alpha value is -2.96. The van der Waals surface area contributed by atoms with Crippen molar-refractivity contribution in [1.82, 2.24) is 14.9 Å². The third-order valence-corrected chi connectivity index (χ3v) is 6.67. The summed E-state index contributed by atoms with van der Waals surface area (Å²) in [5.41, 5.74) is 3.77. The highest BCUT2D eigenvalue weighted by Gasteiger charge is 2.17. The lowest BCUT2D eigenvalue weighted by Crippen LogP contribution is -2.32. The first kappa shape index (κ1) is 24.2. The van der Waals surface area contributed by atoms with Gasteiger partial charge in [-0.15, -0.1) is 0 Å². The number of nitrogens with zero attached hydrogens (tertiary/aromatic N) is 3. The van der Waals surface area contributed by atoms with E-state index < -0.39 is 0 Å². The molecule has 7 heteroatoms. The second kappa shape index (κ2) is 11.4. The summed E-state index contributed by atoms with van der Waals surface area (Å²) in [7, 11) is 2.17.